The molecule has 0 aromatic heterocycles. The second-order valence-electron chi connectivity index (χ2n) is 3.32. The molecule has 3 heteroatoms. The lowest BCUT2D eigenvalue weighted by molar-refractivity contribution is 0.414. The highest BCUT2D eigenvalue weighted by atomic mass is 16.5. The first kappa shape index (κ1) is 18.8. The van der Waals surface area contributed by atoms with Crippen LogP contribution in [0.4, 0.5) is 0 Å². The van der Waals surface area contributed by atoms with E-state index in [0.717, 1.165) is 17.9 Å². The first-order valence-corrected chi connectivity index (χ1v) is 6.49. The molecule has 0 amide bonds. The van der Waals surface area contributed by atoms with Gasteiger partial charge in [0, 0.05) is 6.54 Å². The molecule has 0 aliphatic rings. The molecule has 3 nitrogen and oxygen atoms in total. The average Bonchev–Trinajstić information content (AvgIpc) is 2.43. The highest BCUT2D eigenvalue weighted by Crippen LogP contribution is 2.10. The summed E-state index contributed by atoms with van der Waals surface area (Å²) in [6.45, 7) is 9.35. The van der Waals surface area contributed by atoms with Gasteiger partial charge in [-0.2, -0.15) is 5.26 Å². The van der Waals surface area contributed by atoms with Crippen LogP contribution in [0, 0.1) is 11.3 Å². The summed E-state index contributed by atoms with van der Waals surface area (Å²) in [6.07, 6.45) is 1.25. The van der Waals surface area contributed by atoms with Gasteiger partial charge in [-0.1, -0.05) is 46.2 Å². The Morgan fingerprint density at radius 3 is 2.06 bits per heavy atom. The fourth-order valence-electron chi connectivity index (χ4n) is 1.01. The van der Waals surface area contributed by atoms with Crippen LogP contribution in [0.1, 0.15) is 39.7 Å². The quantitative estimate of drug-likeness (QED) is 0.654. The molecule has 1 N–H and O–H groups in total. The van der Waals surface area contributed by atoms with Gasteiger partial charge in [-0.15, -0.1) is 0 Å². The molecule has 0 unspecified atom stereocenters. The zero-order valence-corrected chi connectivity index (χ0v) is 12.3. The van der Waals surface area contributed by atoms with Crippen molar-refractivity contribution in [2.45, 2.75) is 40.7 Å². The smallest absolute Gasteiger partial charge is 0.118 e. The van der Waals surface area contributed by atoms with Gasteiger partial charge in [0.2, 0.25) is 0 Å². The number of rotatable bonds is 4. The minimum Gasteiger partial charge on any atom is -0.497 e. The van der Waals surface area contributed by atoms with Gasteiger partial charge in [0.1, 0.15) is 5.75 Å². The van der Waals surface area contributed by atoms with Crippen LogP contribution in [0.2, 0.25) is 0 Å². The van der Waals surface area contributed by atoms with Gasteiger partial charge < -0.3 is 10.1 Å². The SMILES string of the molecule is CC.CCC.COc1ccc(CNCC#N)cc1. The van der Waals surface area contributed by atoms with Gasteiger partial charge in [0.05, 0.1) is 19.7 Å². The van der Waals surface area contributed by atoms with E-state index in [1.807, 2.05) is 44.2 Å². The van der Waals surface area contributed by atoms with E-state index in [9.17, 15) is 0 Å². The van der Waals surface area contributed by atoms with Gasteiger partial charge in [-0.3, -0.25) is 0 Å². The minimum absolute atomic E-state index is 0.381. The van der Waals surface area contributed by atoms with E-state index in [1.54, 1.807) is 7.11 Å². The summed E-state index contributed by atoms with van der Waals surface area (Å²) in [5.41, 5.74) is 1.15. The standard InChI is InChI=1S/C10H12N2O.C3H8.C2H6/c1-13-10-4-2-9(3-5-10)8-12-7-6-11;1-3-2;1-2/h2-5,12H,7-8H2,1H3;3H2,1-2H3;1-2H3. The van der Waals surface area contributed by atoms with Crippen molar-refractivity contribution in [1.29, 1.82) is 5.26 Å². The highest BCUT2D eigenvalue weighted by molar-refractivity contribution is 5.26. The highest BCUT2D eigenvalue weighted by Gasteiger charge is 1.92. The van der Waals surface area contributed by atoms with E-state index < -0.39 is 0 Å². The van der Waals surface area contributed by atoms with Crippen LogP contribution in [0.3, 0.4) is 0 Å². The number of hydrogen-bond acceptors (Lipinski definition) is 3. The Labute approximate surface area is 112 Å². The molecule has 0 spiro atoms. The lowest BCUT2D eigenvalue weighted by atomic mass is 10.2. The largest absolute Gasteiger partial charge is 0.497 e. The summed E-state index contributed by atoms with van der Waals surface area (Å²) in [6, 6.07) is 9.79. The lowest BCUT2D eigenvalue weighted by Crippen LogP contribution is -2.12. The molecule has 1 rings (SSSR count). The Hall–Kier alpha value is -1.53. The van der Waals surface area contributed by atoms with E-state index in [1.165, 1.54) is 6.42 Å². The third-order valence-corrected chi connectivity index (χ3v) is 1.69. The Morgan fingerprint density at radius 1 is 1.17 bits per heavy atom. The van der Waals surface area contributed by atoms with Crippen LogP contribution in [0.5, 0.6) is 5.75 Å². The molecule has 18 heavy (non-hydrogen) atoms. The van der Waals surface area contributed by atoms with Crippen molar-refractivity contribution in [3.05, 3.63) is 29.8 Å². The molecule has 0 bridgehead atoms. The molecule has 0 atom stereocenters. The van der Waals surface area contributed by atoms with Crippen LogP contribution in [0.15, 0.2) is 24.3 Å². The second kappa shape index (κ2) is 15.5. The molecule has 1 aromatic rings. The van der Waals surface area contributed by atoms with Crippen LogP contribution < -0.4 is 10.1 Å². The normalized spacial score (nSPS) is 8.00. The monoisotopic (exact) mass is 250 g/mol. The predicted molar refractivity (Wildman–Crippen MR) is 77.6 cm³/mol. The van der Waals surface area contributed by atoms with Crippen molar-refractivity contribution in [3.8, 4) is 11.8 Å². The molecule has 1 aromatic carbocycles. The van der Waals surface area contributed by atoms with Crippen molar-refractivity contribution < 1.29 is 4.74 Å². The van der Waals surface area contributed by atoms with E-state index in [2.05, 4.69) is 19.2 Å². The summed E-state index contributed by atoms with van der Waals surface area (Å²) >= 11 is 0. The number of hydrogen-bond donors (Lipinski definition) is 1. The van der Waals surface area contributed by atoms with Crippen molar-refractivity contribution in [3.63, 3.8) is 0 Å². The second-order valence-corrected chi connectivity index (χ2v) is 3.32. The maximum Gasteiger partial charge on any atom is 0.118 e. The number of methoxy groups -OCH3 is 1. The molecule has 0 saturated heterocycles. The third-order valence-electron chi connectivity index (χ3n) is 1.69. The van der Waals surface area contributed by atoms with Crippen LogP contribution in [-0.4, -0.2) is 13.7 Å². The summed E-state index contributed by atoms with van der Waals surface area (Å²) in [4.78, 5) is 0. The minimum atomic E-state index is 0.381. The number of ether oxygens (including phenoxy) is 1. The van der Waals surface area contributed by atoms with Crippen LogP contribution in [-0.2, 0) is 6.54 Å². The van der Waals surface area contributed by atoms with Gasteiger partial charge >= 0.3 is 0 Å². The molecular formula is C15H26N2O. The Morgan fingerprint density at radius 2 is 1.67 bits per heavy atom. The number of nitrogens with one attached hydrogen (secondary N) is 1. The van der Waals surface area contributed by atoms with Gasteiger partial charge in [-0.25, -0.2) is 0 Å². The van der Waals surface area contributed by atoms with E-state index >= 15 is 0 Å². The lowest BCUT2D eigenvalue weighted by Gasteiger charge is -2.02. The number of nitrogens with zero attached hydrogens (tertiary/aromatic N) is 1. The maximum atomic E-state index is 8.29. The molecule has 0 aliphatic carbocycles. The fraction of sp³-hybridized carbons (Fsp3) is 0.533. The molecule has 102 valence electrons. The molecule has 0 aliphatic heterocycles. The zero-order chi connectivity index (χ0) is 14.2. The van der Waals surface area contributed by atoms with E-state index in [-0.39, 0.29) is 0 Å². The number of benzene rings is 1. The molecule has 0 radical (unpaired) electrons. The molecular weight excluding hydrogens is 224 g/mol. The Bertz CT molecular complexity index is 301. The summed E-state index contributed by atoms with van der Waals surface area (Å²) in [5.74, 6) is 0.851. The van der Waals surface area contributed by atoms with Gasteiger partial charge in [-0.05, 0) is 17.7 Å². The van der Waals surface area contributed by atoms with Crippen LogP contribution >= 0.6 is 0 Å². The van der Waals surface area contributed by atoms with Gasteiger partial charge in [0.25, 0.3) is 0 Å². The van der Waals surface area contributed by atoms with Crippen molar-refractivity contribution in [2.75, 3.05) is 13.7 Å². The molecule has 0 fully saturated rings. The Kier molecular flexibility index (Phi) is 16.2. The Balaban J connectivity index is 0. The van der Waals surface area contributed by atoms with E-state index in [4.69, 9.17) is 10.00 Å². The topological polar surface area (TPSA) is 45.0 Å². The summed E-state index contributed by atoms with van der Waals surface area (Å²) in [5, 5.41) is 11.3. The van der Waals surface area contributed by atoms with Crippen molar-refractivity contribution in [2.24, 2.45) is 0 Å². The number of nitriles is 1. The average molecular weight is 250 g/mol. The molecule has 0 heterocycles. The van der Waals surface area contributed by atoms with Gasteiger partial charge in [0.15, 0.2) is 0 Å². The fourth-order valence-corrected chi connectivity index (χ4v) is 1.01. The predicted octanol–water partition coefficient (Wildman–Crippen LogP) is 3.75. The van der Waals surface area contributed by atoms with Crippen molar-refractivity contribution >= 4 is 0 Å². The summed E-state index contributed by atoms with van der Waals surface area (Å²) < 4.78 is 5.02. The first-order chi connectivity index (χ1) is 8.78. The van der Waals surface area contributed by atoms with E-state index in [0.29, 0.717) is 6.54 Å². The first-order valence-electron chi connectivity index (χ1n) is 6.49. The maximum absolute atomic E-state index is 8.29. The third kappa shape index (κ3) is 11.0. The zero-order valence-electron chi connectivity index (χ0n) is 12.3. The summed E-state index contributed by atoms with van der Waals surface area (Å²) in [7, 11) is 1.64. The molecule has 0 saturated carbocycles. The van der Waals surface area contributed by atoms with Crippen LogP contribution in [0.25, 0.3) is 0 Å². The van der Waals surface area contributed by atoms with Crippen molar-refractivity contribution in [1.82, 2.24) is 5.32 Å².